The number of aryl methyl sites for hydroxylation is 2. The van der Waals surface area contributed by atoms with Gasteiger partial charge < -0.3 is 4.57 Å². The summed E-state index contributed by atoms with van der Waals surface area (Å²) >= 11 is 6.71. The van der Waals surface area contributed by atoms with Gasteiger partial charge in [0.1, 0.15) is 5.25 Å². The summed E-state index contributed by atoms with van der Waals surface area (Å²) in [6.45, 7) is 3.38. The Morgan fingerprint density at radius 1 is 1.45 bits per heavy atom. The maximum Gasteiger partial charge on any atom is 0.248 e. The molecular weight excluding hydrogens is 292 g/mol. The number of rotatable bonds is 4. The third-order valence-electron chi connectivity index (χ3n) is 3.23. The number of thiocarbonyl (C=S) groups is 1. The van der Waals surface area contributed by atoms with E-state index in [1.807, 2.05) is 29.2 Å². The van der Waals surface area contributed by atoms with Crippen LogP contribution in [0, 0.1) is 6.92 Å². The van der Waals surface area contributed by atoms with Crippen LogP contribution in [0.1, 0.15) is 12.1 Å². The van der Waals surface area contributed by atoms with Gasteiger partial charge in [-0.25, -0.2) is 9.98 Å². The van der Waals surface area contributed by atoms with Crippen molar-refractivity contribution in [2.45, 2.75) is 25.1 Å². The zero-order chi connectivity index (χ0) is 14.1. The van der Waals surface area contributed by atoms with Gasteiger partial charge in [0, 0.05) is 19.3 Å². The molecule has 2 aliphatic rings. The van der Waals surface area contributed by atoms with Crippen molar-refractivity contribution in [2.24, 2.45) is 4.99 Å². The van der Waals surface area contributed by atoms with Crippen LogP contribution in [0.5, 0.6) is 0 Å². The molecule has 5 nitrogen and oxygen atoms in total. The molecule has 7 heteroatoms. The van der Waals surface area contributed by atoms with Crippen molar-refractivity contribution in [2.75, 3.05) is 6.54 Å². The molecule has 104 valence electrons. The molecule has 1 amide bonds. The fourth-order valence-corrected chi connectivity index (χ4v) is 3.42. The lowest BCUT2D eigenvalue weighted by Gasteiger charge is -2.28. The van der Waals surface area contributed by atoms with Gasteiger partial charge in [0.15, 0.2) is 0 Å². The number of carbonyl (C=O) groups excluding carboxylic acids is 1. The fraction of sp³-hybridized carbons (Fsp3) is 0.385. The number of amides is 1. The van der Waals surface area contributed by atoms with Crippen LogP contribution >= 0.6 is 24.0 Å². The summed E-state index contributed by atoms with van der Waals surface area (Å²) in [5.41, 5.74) is 1.78. The van der Waals surface area contributed by atoms with Crippen LogP contribution in [-0.2, 0) is 11.3 Å². The van der Waals surface area contributed by atoms with Crippen LogP contribution in [-0.4, -0.2) is 43.0 Å². The quantitative estimate of drug-likeness (QED) is 0.796. The molecule has 1 atom stereocenters. The second kappa shape index (κ2) is 5.49. The minimum absolute atomic E-state index is 0.0526. The van der Waals surface area contributed by atoms with E-state index in [-0.39, 0.29) is 11.2 Å². The second-order valence-corrected chi connectivity index (χ2v) is 6.12. The van der Waals surface area contributed by atoms with E-state index in [2.05, 4.69) is 9.98 Å². The summed E-state index contributed by atoms with van der Waals surface area (Å²) in [6, 6.07) is 0. The number of carbonyl (C=O) groups is 1. The zero-order valence-electron chi connectivity index (χ0n) is 11.0. The number of hydrogen-bond acceptors (Lipinski definition) is 4. The molecule has 0 aromatic carbocycles. The number of aromatic nitrogens is 2. The Morgan fingerprint density at radius 2 is 2.30 bits per heavy atom. The molecule has 0 fully saturated rings. The van der Waals surface area contributed by atoms with Gasteiger partial charge >= 0.3 is 0 Å². The molecule has 0 N–H and O–H groups in total. The summed E-state index contributed by atoms with van der Waals surface area (Å²) < 4.78 is 2.02. The number of hydrogen-bond donors (Lipinski definition) is 0. The van der Waals surface area contributed by atoms with E-state index >= 15 is 0 Å². The first-order chi connectivity index (χ1) is 9.65. The lowest BCUT2D eigenvalue weighted by atomic mass is 10.2. The van der Waals surface area contributed by atoms with Crippen LogP contribution in [0.2, 0.25) is 0 Å². The van der Waals surface area contributed by atoms with Crippen LogP contribution < -0.4 is 0 Å². The second-order valence-electron chi connectivity index (χ2n) is 4.73. The first kappa shape index (κ1) is 13.5. The maximum absolute atomic E-state index is 12.3. The van der Waals surface area contributed by atoms with Crippen molar-refractivity contribution < 1.29 is 4.79 Å². The molecule has 1 aromatic heterocycles. The number of thioether (sulfide) groups is 1. The van der Waals surface area contributed by atoms with E-state index < -0.39 is 0 Å². The SMILES string of the molecule is Cc1cn(CCCN2C(=O)C3SC=CC3=NC2=S)cn1. The number of fused-ring (bicyclic) bond motifs is 1. The van der Waals surface area contributed by atoms with Gasteiger partial charge in [-0.15, -0.1) is 11.8 Å². The highest BCUT2D eigenvalue weighted by Gasteiger charge is 2.36. The molecule has 0 saturated heterocycles. The van der Waals surface area contributed by atoms with Crippen molar-refractivity contribution in [3.8, 4) is 0 Å². The third-order valence-corrected chi connectivity index (χ3v) is 4.55. The van der Waals surface area contributed by atoms with Gasteiger partial charge in [0.25, 0.3) is 0 Å². The average Bonchev–Trinajstić information content (AvgIpc) is 3.02. The number of allylic oxidation sites excluding steroid dienone is 1. The lowest BCUT2D eigenvalue weighted by Crippen LogP contribution is -2.47. The van der Waals surface area contributed by atoms with Gasteiger partial charge in [0.2, 0.25) is 11.0 Å². The Kier molecular flexibility index (Phi) is 3.71. The Hall–Kier alpha value is -1.47. The van der Waals surface area contributed by atoms with Crippen LogP contribution in [0.3, 0.4) is 0 Å². The van der Waals surface area contributed by atoms with E-state index in [0.29, 0.717) is 11.7 Å². The third kappa shape index (κ3) is 2.55. The molecule has 0 saturated carbocycles. The topological polar surface area (TPSA) is 50.5 Å². The number of imidazole rings is 1. The van der Waals surface area contributed by atoms with E-state index in [1.54, 1.807) is 11.2 Å². The molecule has 0 aliphatic carbocycles. The molecular formula is C13H14N4OS2. The predicted octanol–water partition coefficient (Wildman–Crippen LogP) is 1.78. The highest BCUT2D eigenvalue weighted by atomic mass is 32.2. The van der Waals surface area contributed by atoms with Gasteiger partial charge in [0.05, 0.1) is 17.7 Å². The van der Waals surface area contributed by atoms with E-state index in [4.69, 9.17) is 12.2 Å². The van der Waals surface area contributed by atoms with Gasteiger partial charge in [-0.3, -0.25) is 9.69 Å². The largest absolute Gasteiger partial charge is 0.337 e. The summed E-state index contributed by atoms with van der Waals surface area (Å²) in [5, 5.41) is 2.09. The first-order valence-corrected chi connectivity index (χ1v) is 7.74. The highest BCUT2D eigenvalue weighted by molar-refractivity contribution is 8.04. The average molecular weight is 306 g/mol. The smallest absolute Gasteiger partial charge is 0.248 e. The first-order valence-electron chi connectivity index (χ1n) is 6.39. The van der Waals surface area contributed by atoms with E-state index in [1.165, 1.54) is 11.8 Å². The van der Waals surface area contributed by atoms with Crippen molar-refractivity contribution in [1.29, 1.82) is 0 Å². The molecule has 3 rings (SSSR count). The molecule has 0 bridgehead atoms. The van der Waals surface area contributed by atoms with Crippen molar-refractivity contribution >= 4 is 40.7 Å². The number of nitrogens with zero attached hydrogens (tertiary/aromatic N) is 4. The Bertz CT molecular complexity index is 620. The van der Waals surface area contributed by atoms with Crippen LogP contribution in [0.15, 0.2) is 29.0 Å². The van der Waals surface area contributed by atoms with Gasteiger partial charge in [-0.1, -0.05) is 0 Å². The van der Waals surface area contributed by atoms with Crippen molar-refractivity contribution in [3.63, 3.8) is 0 Å². The minimum atomic E-state index is -0.197. The minimum Gasteiger partial charge on any atom is -0.337 e. The molecule has 0 radical (unpaired) electrons. The van der Waals surface area contributed by atoms with Crippen molar-refractivity contribution in [3.05, 3.63) is 29.7 Å². The summed E-state index contributed by atoms with van der Waals surface area (Å²) in [7, 11) is 0. The van der Waals surface area contributed by atoms with Gasteiger partial charge in [-0.2, -0.15) is 0 Å². The zero-order valence-corrected chi connectivity index (χ0v) is 12.7. The molecule has 3 heterocycles. The fourth-order valence-electron chi connectivity index (χ4n) is 2.24. The molecule has 20 heavy (non-hydrogen) atoms. The molecule has 1 unspecified atom stereocenters. The Morgan fingerprint density at radius 3 is 3.05 bits per heavy atom. The van der Waals surface area contributed by atoms with E-state index in [0.717, 1.165) is 24.4 Å². The molecule has 2 aliphatic heterocycles. The Labute approximate surface area is 126 Å². The summed E-state index contributed by atoms with van der Waals surface area (Å²) in [4.78, 5) is 22.5. The summed E-state index contributed by atoms with van der Waals surface area (Å²) in [6.07, 6.45) is 6.49. The molecule has 1 aromatic rings. The highest BCUT2D eigenvalue weighted by Crippen LogP contribution is 2.27. The monoisotopic (exact) mass is 306 g/mol. The standard InChI is InChI=1S/C13H14N4OS2/c1-9-7-16(8-14-9)4-2-5-17-12(18)11-10(3-6-20-11)15-13(17)19/h3,6-8,11H,2,4-5H2,1H3. The number of aliphatic imine (C=N–C) groups is 1. The summed E-state index contributed by atoms with van der Waals surface area (Å²) in [5.74, 6) is 0.0526. The Balaban J connectivity index is 1.60. The maximum atomic E-state index is 12.3. The van der Waals surface area contributed by atoms with Gasteiger partial charge in [-0.05, 0) is 37.0 Å². The molecule has 0 spiro atoms. The normalized spacial score (nSPS) is 21.4. The van der Waals surface area contributed by atoms with Crippen LogP contribution in [0.25, 0.3) is 0 Å². The lowest BCUT2D eigenvalue weighted by molar-refractivity contribution is -0.125. The van der Waals surface area contributed by atoms with Crippen molar-refractivity contribution in [1.82, 2.24) is 14.5 Å². The van der Waals surface area contributed by atoms with Crippen LogP contribution in [0.4, 0.5) is 0 Å². The predicted molar refractivity (Wildman–Crippen MR) is 83.8 cm³/mol. The van der Waals surface area contributed by atoms with E-state index in [9.17, 15) is 4.79 Å².